The summed E-state index contributed by atoms with van der Waals surface area (Å²) in [7, 11) is 0. The highest BCUT2D eigenvalue weighted by atomic mass is 32.1. The second-order valence-electron chi connectivity index (χ2n) is 6.44. The summed E-state index contributed by atoms with van der Waals surface area (Å²) in [6.07, 6.45) is 0. The number of hydrogen-bond acceptors (Lipinski definition) is 8. The van der Waals surface area contributed by atoms with Crippen molar-refractivity contribution in [3.05, 3.63) is 47.0 Å². The molecule has 0 radical (unpaired) electrons. The Morgan fingerprint density at radius 2 is 2.00 bits per heavy atom. The van der Waals surface area contributed by atoms with E-state index in [1.807, 2.05) is 0 Å². The number of hydrogen-bond donors (Lipinski definition) is 0. The highest BCUT2D eigenvalue weighted by molar-refractivity contribution is 7.13. The van der Waals surface area contributed by atoms with Crippen molar-refractivity contribution in [3.8, 4) is 22.0 Å². The van der Waals surface area contributed by atoms with E-state index in [-0.39, 0.29) is 18.1 Å². The predicted octanol–water partition coefficient (Wildman–Crippen LogP) is 3.61. The number of ether oxygens (including phenoxy) is 2. The first kappa shape index (κ1) is 19.7. The highest BCUT2D eigenvalue weighted by Crippen LogP contribution is 2.35. The Hall–Kier alpha value is -2.62. The van der Waals surface area contributed by atoms with Crippen molar-refractivity contribution < 1.29 is 23.1 Å². The van der Waals surface area contributed by atoms with Crippen LogP contribution in [0.5, 0.6) is 0 Å². The van der Waals surface area contributed by atoms with Crippen molar-refractivity contribution >= 4 is 17.3 Å². The van der Waals surface area contributed by atoms with Crippen molar-refractivity contribution in [2.45, 2.75) is 13.5 Å². The number of halogens is 1. The van der Waals surface area contributed by atoms with E-state index in [9.17, 15) is 9.18 Å². The molecule has 152 valence electrons. The van der Waals surface area contributed by atoms with Gasteiger partial charge in [0.1, 0.15) is 11.5 Å². The van der Waals surface area contributed by atoms with Crippen LogP contribution in [-0.4, -0.2) is 53.7 Å². The van der Waals surface area contributed by atoms with E-state index < -0.39 is 5.97 Å². The minimum Gasteiger partial charge on any atom is -0.461 e. The molecule has 0 aliphatic carbocycles. The number of nitrogens with zero attached hydrogens (tertiary/aromatic N) is 3. The first-order chi connectivity index (χ1) is 14.1. The summed E-state index contributed by atoms with van der Waals surface area (Å²) >= 11 is 1.27. The normalized spacial score (nSPS) is 14.8. The van der Waals surface area contributed by atoms with E-state index in [1.165, 1.54) is 23.5 Å². The van der Waals surface area contributed by atoms with Gasteiger partial charge in [-0.3, -0.25) is 4.90 Å². The zero-order valence-electron chi connectivity index (χ0n) is 15.9. The minimum absolute atomic E-state index is 0.225. The fraction of sp³-hybridized carbons (Fsp3) is 0.350. The molecule has 0 atom stereocenters. The Labute approximate surface area is 171 Å². The summed E-state index contributed by atoms with van der Waals surface area (Å²) in [6, 6.07) is 6.05. The molecule has 9 heteroatoms. The molecule has 0 unspecified atom stereocenters. The van der Waals surface area contributed by atoms with Gasteiger partial charge in [-0.05, 0) is 31.2 Å². The molecule has 0 saturated carbocycles. The molecule has 2 aromatic heterocycles. The van der Waals surface area contributed by atoms with Crippen LogP contribution in [0.2, 0.25) is 0 Å². The Bertz CT molecular complexity index is 980. The molecular weight excluding hydrogens is 397 g/mol. The number of rotatable bonds is 6. The van der Waals surface area contributed by atoms with Gasteiger partial charge in [0.25, 0.3) is 0 Å². The molecular formula is C20H20FN3O4S. The van der Waals surface area contributed by atoms with Gasteiger partial charge < -0.3 is 13.9 Å². The SMILES string of the molecule is CCOC(=O)c1csc(-c2oc(CN3CCOCC3)nc2-c2ccc(F)cc2)n1. The Morgan fingerprint density at radius 1 is 1.24 bits per heavy atom. The van der Waals surface area contributed by atoms with Gasteiger partial charge in [0.15, 0.2) is 16.5 Å². The summed E-state index contributed by atoms with van der Waals surface area (Å²) in [5, 5.41) is 2.15. The number of carbonyl (C=O) groups is 1. The van der Waals surface area contributed by atoms with E-state index in [4.69, 9.17) is 13.9 Å². The molecule has 0 bridgehead atoms. The molecule has 1 saturated heterocycles. The predicted molar refractivity (Wildman–Crippen MR) is 105 cm³/mol. The summed E-state index contributed by atoms with van der Waals surface area (Å²) in [5.41, 5.74) is 1.51. The highest BCUT2D eigenvalue weighted by Gasteiger charge is 2.23. The minimum atomic E-state index is -0.480. The van der Waals surface area contributed by atoms with Gasteiger partial charge >= 0.3 is 5.97 Å². The maximum Gasteiger partial charge on any atom is 0.357 e. The standard InChI is InChI=1S/C20H20FN3O4S/c1-2-27-20(25)15-12-29-19(22-15)18-17(13-3-5-14(21)6-4-13)23-16(28-18)11-24-7-9-26-10-8-24/h3-6,12H,2,7-11H2,1H3. The van der Waals surface area contributed by atoms with Crippen molar-refractivity contribution in [3.63, 3.8) is 0 Å². The molecule has 3 heterocycles. The van der Waals surface area contributed by atoms with Crippen LogP contribution >= 0.6 is 11.3 Å². The maximum absolute atomic E-state index is 13.4. The Kier molecular flexibility index (Phi) is 5.98. The molecule has 1 aliphatic heterocycles. The van der Waals surface area contributed by atoms with Crippen LogP contribution in [0, 0.1) is 5.82 Å². The monoisotopic (exact) mass is 417 g/mol. The van der Waals surface area contributed by atoms with Gasteiger partial charge in [-0.1, -0.05) is 0 Å². The topological polar surface area (TPSA) is 77.7 Å². The van der Waals surface area contributed by atoms with Crippen LogP contribution in [0.4, 0.5) is 4.39 Å². The van der Waals surface area contributed by atoms with Gasteiger partial charge in [0.2, 0.25) is 5.89 Å². The van der Waals surface area contributed by atoms with Crippen LogP contribution in [0.3, 0.4) is 0 Å². The number of thiazole rings is 1. The fourth-order valence-electron chi connectivity index (χ4n) is 3.01. The first-order valence-corrected chi connectivity index (χ1v) is 10.2. The van der Waals surface area contributed by atoms with E-state index >= 15 is 0 Å². The largest absolute Gasteiger partial charge is 0.461 e. The van der Waals surface area contributed by atoms with Gasteiger partial charge in [-0.2, -0.15) is 0 Å². The smallest absolute Gasteiger partial charge is 0.357 e. The lowest BCUT2D eigenvalue weighted by molar-refractivity contribution is 0.0307. The van der Waals surface area contributed by atoms with E-state index in [2.05, 4.69) is 14.9 Å². The van der Waals surface area contributed by atoms with Gasteiger partial charge in [0, 0.05) is 24.0 Å². The van der Waals surface area contributed by atoms with Crippen LogP contribution in [0.15, 0.2) is 34.1 Å². The lowest BCUT2D eigenvalue weighted by atomic mass is 10.1. The molecule has 0 N–H and O–H groups in total. The zero-order chi connectivity index (χ0) is 20.2. The van der Waals surface area contributed by atoms with E-state index in [1.54, 1.807) is 24.4 Å². The lowest BCUT2D eigenvalue weighted by Gasteiger charge is -2.24. The zero-order valence-corrected chi connectivity index (χ0v) is 16.7. The van der Waals surface area contributed by atoms with Crippen LogP contribution in [-0.2, 0) is 16.0 Å². The molecule has 7 nitrogen and oxygen atoms in total. The molecule has 3 aromatic rings. The van der Waals surface area contributed by atoms with Gasteiger partial charge in [0.05, 0.1) is 26.4 Å². The third kappa shape index (κ3) is 4.52. The molecule has 1 aromatic carbocycles. The van der Waals surface area contributed by atoms with Crippen molar-refractivity contribution in [2.24, 2.45) is 0 Å². The van der Waals surface area contributed by atoms with Crippen LogP contribution < -0.4 is 0 Å². The van der Waals surface area contributed by atoms with Crippen molar-refractivity contribution in [1.82, 2.24) is 14.9 Å². The third-order valence-corrected chi connectivity index (χ3v) is 5.28. The Balaban J connectivity index is 1.68. The van der Waals surface area contributed by atoms with Crippen molar-refractivity contribution in [1.29, 1.82) is 0 Å². The summed E-state index contributed by atoms with van der Waals surface area (Å²) < 4.78 is 29.8. The first-order valence-electron chi connectivity index (χ1n) is 9.33. The molecule has 4 rings (SSSR count). The van der Waals surface area contributed by atoms with Crippen molar-refractivity contribution in [2.75, 3.05) is 32.9 Å². The van der Waals surface area contributed by atoms with Gasteiger partial charge in [-0.15, -0.1) is 11.3 Å². The third-order valence-electron chi connectivity index (χ3n) is 4.43. The second-order valence-corrected chi connectivity index (χ2v) is 7.30. The number of benzene rings is 1. The molecule has 1 fully saturated rings. The summed E-state index contributed by atoms with van der Waals surface area (Å²) in [5.74, 6) is 0.187. The van der Waals surface area contributed by atoms with E-state index in [0.717, 1.165) is 13.1 Å². The molecule has 29 heavy (non-hydrogen) atoms. The number of carbonyl (C=O) groups excluding carboxylic acids is 1. The van der Waals surface area contributed by atoms with Gasteiger partial charge in [-0.25, -0.2) is 19.2 Å². The number of oxazole rings is 1. The van der Waals surface area contributed by atoms with Crippen LogP contribution in [0.25, 0.3) is 22.0 Å². The summed E-state index contributed by atoms with van der Waals surface area (Å²) in [4.78, 5) is 23.2. The summed E-state index contributed by atoms with van der Waals surface area (Å²) in [6.45, 7) is 5.50. The quantitative estimate of drug-likeness (QED) is 0.567. The fourth-order valence-corrected chi connectivity index (χ4v) is 3.78. The molecule has 1 aliphatic rings. The number of aromatic nitrogens is 2. The Morgan fingerprint density at radius 3 is 2.72 bits per heavy atom. The average Bonchev–Trinajstić information content (AvgIpc) is 3.37. The maximum atomic E-state index is 13.4. The molecule has 0 spiro atoms. The average molecular weight is 417 g/mol. The second kappa shape index (κ2) is 8.81. The number of morpholine rings is 1. The van der Waals surface area contributed by atoms with E-state index in [0.29, 0.717) is 47.7 Å². The van der Waals surface area contributed by atoms with Crippen LogP contribution in [0.1, 0.15) is 23.3 Å². The lowest BCUT2D eigenvalue weighted by Crippen LogP contribution is -2.35. The molecule has 0 amide bonds. The number of esters is 1.